The minimum atomic E-state index is -0.129. The summed E-state index contributed by atoms with van der Waals surface area (Å²) in [6, 6.07) is 18.9. The van der Waals surface area contributed by atoms with Gasteiger partial charge in [0.2, 0.25) is 0 Å². The third-order valence-corrected chi connectivity index (χ3v) is 5.29. The van der Waals surface area contributed by atoms with Gasteiger partial charge >= 0.3 is 0 Å². The Hall–Kier alpha value is -3.14. The van der Waals surface area contributed by atoms with Gasteiger partial charge in [-0.15, -0.1) is 0 Å². The van der Waals surface area contributed by atoms with Crippen molar-refractivity contribution in [2.45, 2.75) is 33.6 Å². The van der Waals surface area contributed by atoms with E-state index in [1.807, 2.05) is 55.5 Å². The van der Waals surface area contributed by atoms with Crippen LogP contribution in [0.4, 0.5) is 5.69 Å². The van der Waals surface area contributed by atoms with E-state index >= 15 is 0 Å². The summed E-state index contributed by atoms with van der Waals surface area (Å²) in [5.41, 5.74) is 5.32. The maximum atomic E-state index is 12.5. The van der Waals surface area contributed by atoms with E-state index in [0.29, 0.717) is 12.0 Å². The topological polar surface area (TPSA) is 51.1 Å². The van der Waals surface area contributed by atoms with Gasteiger partial charge in [-0.25, -0.2) is 0 Å². The van der Waals surface area contributed by atoms with Gasteiger partial charge in [-0.2, -0.15) is 0 Å². The van der Waals surface area contributed by atoms with E-state index in [4.69, 9.17) is 0 Å². The molecule has 1 aliphatic carbocycles. The van der Waals surface area contributed by atoms with Crippen LogP contribution in [0.2, 0.25) is 0 Å². The van der Waals surface area contributed by atoms with Gasteiger partial charge in [0.15, 0.2) is 5.78 Å². The Labute approximate surface area is 165 Å². The number of benzene rings is 2. The number of hydrogen-bond acceptors (Lipinski definition) is 2. The summed E-state index contributed by atoms with van der Waals surface area (Å²) < 4.78 is 2.16. The SMILES string of the molecule is Cc1cc2c(n1-c1ccc(NC(=O)c3ccccc3)cc1)CC(C)(C)CC2=O. The number of carbonyl (C=O) groups excluding carboxylic acids is 2. The van der Waals surface area contributed by atoms with Gasteiger partial charge in [-0.05, 0) is 61.2 Å². The molecule has 3 aromatic rings. The zero-order valence-corrected chi connectivity index (χ0v) is 16.5. The van der Waals surface area contributed by atoms with E-state index in [1.165, 1.54) is 0 Å². The first-order valence-electron chi connectivity index (χ1n) is 9.55. The lowest BCUT2D eigenvalue weighted by Gasteiger charge is -2.30. The number of aryl methyl sites for hydroxylation is 1. The molecule has 0 atom stereocenters. The van der Waals surface area contributed by atoms with Gasteiger partial charge in [0.1, 0.15) is 0 Å². The van der Waals surface area contributed by atoms with E-state index in [0.717, 1.165) is 34.7 Å². The fourth-order valence-electron chi connectivity index (χ4n) is 4.00. The average molecular weight is 372 g/mol. The molecule has 1 heterocycles. The minimum absolute atomic E-state index is 0.0315. The number of rotatable bonds is 3. The number of hydrogen-bond donors (Lipinski definition) is 1. The van der Waals surface area contributed by atoms with Crippen LogP contribution in [0.5, 0.6) is 0 Å². The van der Waals surface area contributed by atoms with Crippen molar-refractivity contribution in [3.63, 3.8) is 0 Å². The highest BCUT2D eigenvalue weighted by Gasteiger charge is 2.34. The van der Waals surface area contributed by atoms with Crippen LogP contribution in [0.15, 0.2) is 60.7 Å². The molecule has 4 nitrogen and oxygen atoms in total. The third kappa shape index (κ3) is 3.38. The van der Waals surface area contributed by atoms with Crippen LogP contribution in [0, 0.1) is 12.3 Å². The molecule has 0 bridgehead atoms. The molecular formula is C24H24N2O2. The Kier molecular flexibility index (Phi) is 4.42. The van der Waals surface area contributed by atoms with Gasteiger partial charge in [0.05, 0.1) is 0 Å². The van der Waals surface area contributed by atoms with Gasteiger partial charge in [-0.3, -0.25) is 9.59 Å². The lowest BCUT2D eigenvalue weighted by molar-refractivity contribution is 0.0910. The Morgan fingerprint density at radius 2 is 1.68 bits per heavy atom. The number of aromatic nitrogens is 1. The zero-order valence-electron chi connectivity index (χ0n) is 16.5. The van der Waals surface area contributed by atoms with Crippen LogP contribution < -0.4 is 5.32 Å². The summed E-state index contributed by atoms with van der Waals surface area (Å²) in [6.45, 7) is 6.31. The molecule has 2 aromatic carbocycles. The standard InChI is InChI=1S/C24H24N2O2/c1-16-13-20-21(14-24(2,3)15-22(20)27)26(16)19-11-9-18(10-12-19)25-23(28)17-7-5-4-6-8-17/h4-13H,14-15H2,1-3H3,(H,25,28). The molecule has 0 aliphatic heterocycles. The van der Waals surface area contributed by atoms with Crippen LogP contribution in [0.25, 0.3) is 5.69 Å². The monoisotopic (exact) mass is 372 g/mol. The minimum Gasteiger partial charge on any atom is -0.322 e. The quantitative estimate of drug-likeness (QED) is 0.687. The predicted molar refractivity (Wildman–Crippen MR) is 111 cm³/mol. The van der Waals surface area contributed by atoms with Crippen molar-refractivity contribution >= 4 is 17.4 Å². The normalized spacial score (nSPS) is 15.2. The molecule has 4 heteroatoms. The molecule has 28 heavy (non-hydrogen) atoms. The first-order chi connectivity index (χ1) is 13.3. The fraction of sp³-hybridized carbons (Fsp3) is 0.250. The number of ketones is 1. The molecule has 142 valence electrons. The second-order valence-corrected chi connectivity index (χ2v) is 8.29. The molecule has 0 radical (unpaired) electrons. The van der Waals surface area contributed by atoms with Crippen molar-refractivity contribution in [3.8, 4) is 5.69 Å². The van der Waals surface area contributed by atoms with Gasteiger partial charge in [0, 0.05) is 40.3 Å². The van der Waals surface area contributed by atoms with Crippen LogP contribution in [-0.2, 0) is 6.42 Å². The highest BCUT2D eigenvalue weighted by molar-refractivity contribution is 6.04. The predicted octanol–water partition coefficient (Wildman–Crippen LogP) is 5.19. The number of anilines is 1. The smallest absolute Gasteiger partial charge is 0.255 e. The molecule has 1 aliphatic rings. The van der Waals surface area contributed by atoms with Crippen molar-refractivity contribution in [1.82, 2.24) is 4.57 Å². The second-order valence-electron chi connectivity index (χ2n) is 8.29. The first-order valence-corrected chi connectivity index (χ1v) is 9.55. The van der Waals surface area contributed by atoms with Crippen molar-refractivity contribution in [2.24, 2.45) is 5.41 Å². The fourth-order valence-corrected chi connectivity index (χ4v) is 4.00. The second kappa shape index (κ2) is 6.79. The molecule has 1 N–H and O–H groups in total. The van der Waals surface area contributed by atoms with Crippen LogP contribution in [0.3, 0.4) is 0 Å². The lowest BCUT2D eigenvalue weighted by atomic mass is 9.76. The molecule has 0 saturated carbocycles. The van der Waals surface area contributed by atoms with Crippen molar-refractivity contribution in [3.05, 3.63) is 83.2 Å². The van der Waals surface area contributed by atoms with Crippen molar-refractivity contribution < 1.29 is 9.59 Å². The Balaban J connectivity index is 1.62. The van der Waals surface area contributed by atoms with E-state index < -0.39 is 0 Å². The van der Waals surface area contributed by atoms with Crippen LogP contribution in [-0.4, -0.2) is 16.3 Å². The largest absolute Gasteiger partial charge is 0.322 e. The highest BCUT2D eigenvalue weighted by atomic mass is 16.1. The number of nitrogens with one attached hydrogen (secondary N) is 1. The van der Waals surface area contributed by atoms with E-state index in [1.54, 1.807) is 12.1 Å². The summed E-state index contributed by atoms with van der Waals surface area (Å²) >= 11 is 0. The molecule has 0 fully saturated rings. The van der Waals surface area contributed by atoms with E-state index in [9.17, 15) is 9.59 Å². The molecule has 1 aromatic heterocycles. The van der Waals surface area contributed by atoms with E-state index in [-0.39, 0.29) is 17.1 Å². The van der Waals surface area contributed by atoms with E-state index in [2.05, 4.69) is 23.7 Å². The Morgan fingerprint density at radius 3 is 2.36 bits per heavy atom. The summed E-state index contributed by atoms with van der Waals surface area (Å²) in [6.07, 6.45) is 1.46. The van der Waals surface area contributed by atoms with Gasteiger partial charge < -0.3 is 9.88 Å². The number of carbonyl (C=O) groups is 2. The number of nitrogens with zero attached hydrogens (tertiary/aromatic N) is 1. The molecule has 0 spiro atoms. The van der Waals surface area contributed by atoms with Crippen molar-refractivity contribution in [2.75, 3.05) is 5.32 Å². The molecule has 1 amide bonds. The number of amides is 1. The summed E-state index contributed by atoms with van der Waals surface area (Å²) in [4.78, 5) is 24.9. The van der Waals surface area contributed by atoms with Gasteiger partial charge in [0.25, 0.3) is 5.91 Å². The summed E-state index contributed by atoms with van der Waals surface area (Å²) in [7, 11) is 0. The highest BCUT2D eigenvalue weighted by Crippen LogP contribution is 2.37. The Morgan fingerprint density at radius 1 is 1.00 bits per heavy atom. The van der Waals surface area contributed by atoms with Crippen LogP contribution in [0.1, 0.15) is 52.4 Å². The van der Waals surface area contributed by atoms with Crippen molar-refractivity contribution in [1.29, 1.82) is 0 Å². The summed E-state index contributed by atoms with van der Waals surface area (Å²) in [5.74, 6) is 0.0927. The molecule has 0 saturated heterocycles. The molecule has 0 unspecified atom stereocenters. The number of Topliss-reactive ketones (excluding diaryl/α,β-unsaturated/α-hetero) is 1. The molecular weight excluding hydrogens is 348 g/mol. The maximum Gasteiger partial charge on any atom is 0.255 e. The van der Waals surface area contributed by atoms with Gasteiger partial charge in [-0.1, -0.05) is 32.0 Å². The third-order valence-electron chi connectivity index (χ3n) is 5.29. The maximum absolute atomic E-state index is 12.5. The Bertz CT molecular complexity index is 1040. The first kappa shape index (κ1) is 18.2. The zero-order chi connectivity index (χ0) is 19.9. The van der Waals surface area contributed by atoms with Crippen LogP contribution >= 0.6 is 0 Å². The summed E-state index contributed by atoms with van der Waals surface area (Å²) in [5, 5.41) is 2.93. The number of fused-ring (bicyclic) bond motifs is 1. The molecule has 4 rings (SSSR count). The average Bonchev–Trinajstić information content (AvgIpc) is 2.98. The lowest BCUT2D eigenvalue weighted by Crippen LogP contribution is -2.27.